The highest BCUT2D eigenvalue weighted by Gasteiger charge is 2.28. The second-order valence-electron chi connectivity index (χ2n) is 3.22. The molecule has 0 saturated heterocycles. The van der Waals surface area contributed by atoms with Crippen molar-refractivity contribution in [1.82, 2.24) is 9.55 Å². The van der Waals surface area contributed by atoms with Gasteiger partial charge in [0.1, 0.15) is 0 Å². The maximum atomic E-state index is 11.9. The van der Waals surface area contributed by atoms with Gasteiger partial charge in [-0.2, -0.15) is 13.2 Å². The third-order valence-electron chi connectivity index (χ3n) is 1.84. The van der Waals surface area contributed by atoms with Crippen LogP contribution in [0.3, 0.4) is 0 Å². The third-order valence-corrected chi connectivity index (χ3v) is 1.84. The molecule has 0 aliphatic carbocycles. The molecule has 14 heavy (non-hydrogen) atoms. The minimum Gasteiger partial charge on any atom is -0.340 e. The van der Waals surface area contributed by atoms with Crippen LogP contribution in [-0.4, -0.2) is 15.7 Å². The number of nitrogens with two attached hydrogens (primary N) is 1. The van der Waals surface area contributed by atoms with Gasteiger partial charge in [-0.15, -0.1) is 0 Å². The fraction of sp³-hybridized carbons (Fsp3) is 0.625. The number of aryl methyl sites for hydroxylation is 1. The van der Waals surface area contributed by atoms with Crippen LogP contribution >= 0.6 is 0 Å². The fourth-order valence-electron chi connectivity index (χ4n) is 1.09. The Labute approximate surface area is 79.7 Å². The van der Waals surface area contributed by atoms with Crippen molar-refractivity contribution in [3.63, 3.8) is 0 Å². The minimum atomic E-state index is -4.15. The van der Waals surface area contributed by atoms with Crippen molar-refractivity contribution in [3.8, 4) is 0 Å². The molecule has 2 N–H and O–H groups in total. The quantitative estimate of drug-likeness (QED) is 0.820. The van der Waals surface area contributed by atoms with Crippen LogP contribution in [0.15, 0.2) is 12.5 Å². The van der Waals surface area contributed by atoms with E-state index in [4.69, 9.17) is 5.73 Å². The number of aromatic nitrogens is 2. The average Bonchev–Trinajstić information content (AvgIpc) is 2.46. The summed E-state index contributed by atoms with van der Waals surface area (Å²) in [5.74, 6) is 0. The number of hydrogen-bond donors (Lipinski definition) is 1. The van der Waals surface area contributed by atoms with Crippen molar-refractivity contribution >= 4 is 0 Å². The summed E-state index contributed by atoms with van der Waals surface area (Å²) in [5, 5.41) is 0. The molecule has 1 rings (SSSR count). The van der Waals surface area contributed by atoms with Crippen LogP contribution in [0.4, 0.5) is 13.2 Å². The third kappa shape index (κ3) is 3.37. The summed E-state index contributed by atoms with van der Waals surface area (Å²) >= 11 is 0. The Morgan fingerprint density at radius 1 is 1.57 bits per heavy atom. The topological polar surface area (TPSA) is 43.8 Å². The molecule has 80 valence electrons. The molecule has 0 saturated carbocycles. The average molecular weight is 207 g/mol. The van der Waals surface area contributed by atoms with Crippen LogP contribution in [0, 0.1) is 0 Å². The predicted octanol–water partition coefficient (Wildman–Crippen LogP) is 1.76. The van der Waals surface area contributed by atoms with Crippen LogP contribution in [0.1, 0.15) is 24.6 Å². The van der Waals surface area contributed by atoms with Gasteiger partial charge in [0, 0.05) is 25.7 Å². The molecule has 1 heterocycles. The SMILES string of the molecule is Cn1cnc(C(N)CCC(F)(F)F)c1. The molecule has 1 unspecified atom stereocenters. The Hall–Kier alpha value is -1.04. The van der Waals surface area contributed by atoms with Crippen LogP contribution in [-0.2, 0) is 7.05 Å². The highest BCUT2D eigenvalue weighted by Crippen LogP contribution is 2.25. The molecular formula is C8H12F3N3. The number of nitrogens with zero attached hydrogens (tertiary/aromatic N) is 2. The summed E-state index contributed by atoms with van der Waals surface area (Å²) in [6.07, 6.45) is -2.00. The van der Waals surface area contributed by atoms with Crippen LogP contribution in [0.5, 0.6) is 0 Å². The first-order valence-corrected chi connectivity index (χ1v) is 4.18. The van der Waals surface area contributed by atoms with E-state index in [0.29, 0.717) is 5.69 Å². The van der Waals surface area contributed by atoms with Gasteiger partial charge in [-0.1, -0.05) is 0 Å². The highest BCUT2D eigenvalue weighted by atomic mass is 19.4. The lowest BCUT2D eigenvalue weighted by Gasteiger charge is -2.10. The molecule has 0 aromatic carbocycles. The van der Waals surface area contributed by atoms with E-state index in [0.717, 1.165) is 0 Å². The van der Waals surface area contributed by atoms with E-state index in [1.807, 2.05) is 0 Å². The van der Waals surface area contributed by atoms with Crippen molar-refractivity contribution < 1.29 is 13.2 Å². The van der Waals surface area contributed by atoms with Crippen molar-refractivity contribution in [2.75, 3.05) is 0 Å². The number of hydrogen-bond acceptors (Lipinski definition) is 2. The summed E-state index contributed by atoms with van der Waals surface area (Å²) in [6.45, 7) is 0. The molecule has 1 atom stereocenters. The molecule has 6 heteroatoms. The first kappa shape index (κ1) is 11.0. The Balaban J connectivity index is 2.47. The lowest BCUT2D eigenvalue weighted by molar-refractivity contribution is -0.136. The predicted molar refractivity (Wildman–Crippen MR) is 45.4 cm³/mol. The molecule has 0 radical (unpaired) electrons. The molecule has 0 spiro atoms. The Kier molecular flexibility index (Phi) is 3.15. The van der Waals surface area contributed by atoms with Gasteiger partial charge in [0.2, 0.25) is 0 Å². The Morgan fingerprint density at radius 3 is 2.64 bits per heavy atom. The zero-order valence-electron chi connectivity index (χ0n) is 7.75. The van der Waals surface area contributed by atoms with Gasteiger partial charge in [-0.3, -0.25) is 0 Å². The summed E-state index contributed by atoms with van der Waals surface area (Å²) in [7, 11) is 1.74. The van der Waals surface area contributed by atoms with Gasteiger partial charge in [-0.05, 0) is 6.42 Å². The standard InChI is InChI=1S/C8H12F3N3/c1-14-4-7(13-5-14)6(12)2-3-8(9,10)11/h4-6H,2-3,12H2,1H3. The first-order chi connectivity index (χ1) is 6.38. The monoisotopic (exact) mass is 207 g/mol. The number of imidazole rings is 1. The van der Waals surface area contributed by atoms with Gasteiger partial charge >= 0.3 is 6.18 Å². The maximum absolute atomic E-state index is 11.9. The number of halogens is 3. The van der Waals surface area contributed by atoms with E-state index >= 15 is 0 Å². The molecule has 0 bridgehead atoms. The smallest absolute Gasteiger partial charge is 0.340 e. The van der Waals surface area contributed by atoms with Gasteiger partial charge in [0.15, 0.2) is 0 Å². The van der Waals surface area contributed by atoms with Gasteiger partial charge in [-0.25, -0.2) is 4.98 Å². The van der Waals surface area contributed by atoms with E-state index in [-0.39, 0.29) is 6.42 Å². The van der Waals surface area contributed by atoms with Crippen molar-refractivity contribution in [2.45, 2.75) is 25.1 Å². The number of alkyl halides is 3. The molecule has 1 aromatic rings. The maximum Gasteiger partial charge on any atom is 0.389 e. The molecule has 0 amide bonds. The minimum absolute atomic E-state index is 0.124. The van der Waals surface area contributed by atoms with E-state index in [1.54, 1.807) is 17.8 Å². The van der Waals surface area contributed by atoms with Gasteiger partial charge in [0.05, 0.1) is 12.0 Å². The second kappa shape index (κ2) is 4.00. The van der Waals surface area contributed by atoms with Crippen LogP contribution in [0.2, 0.25) is 0 Å². The summed E-state index contributed by atoms with van der Waals surface area (Å²) in [4.78, 5) is 3.89. The molecule has 3 nitrogen and oxygen atoms in total. The van der Waals surface area contributed by atoms with E-state index in [2.05, 4.69) is 4.98 Å². The molecule has 0 aliphatic heterocycles. The highest BCUT2D eigenvalue weighted by molar-refractivity contribution is 5.02. The molecule has 1 aromatic heterocycles. The lowest BCUT2D eigenvalue weighted by Crippen LogP contribution is -2.16. The van der Waals surface area contributed by atoms with Crippen LogP contribution < -0.4 is 5.73 Å². The largest absolute Gasteiger partial charge is 0.389 e. The van der Waals surface area contributed by atoms with Crippen molar-refractivity contribution in [2.24, 2.45) is 12.8 Å². The summed E-state index contributed by atoms with van der Waals surface area (Å²) in [6, 6.07) is -0.641. The summed E-state index contributed by atoms with van der Waals surface area (Å²) < 4.78 is 37.2. The lowest BCUT2D eigenvalue weighted by atomic mass is 10.1. The van der Waals surface area contributed by atoms with Crippen molar-refractivity contribution in [3.05, 3.63) is 18.2 Å². The number of rotatable bonds is 3. The Morgan fingerprint density at radius 2 is 2.21 bits per heavy atom. The zero-order valence-corrected chi connectivity index (χ0v) is 7.75. The van der Waals surface area contributed by atoms with E-state index in [1.165, 1.54) is 6.33 Å². The molecular weight excluding hydrogens is 195 g/mol. The summed E-state index contributed by atoms with van der Waals surface area (Å²) in [5.41, 5.74) is 6.04. The first-order valence-electron chi connectivity index (χ1n) is 4.18. The normalized spacial score (nSPS) is 14.4. The molecule has 0 aliphatic rings. The van der Waals surface area contributed by atoms with Gasteiger partial charge < -0.3 is 10.3 Å². The fourth-order valence-corrected chi connectivity index (χ4v) is 1.09. The van der Waals surface area contributed by atoms with Crippen molar-refractivity contribution in [1.29, 1.82) is 0 Å². The van der Waals surface area contributed by atoms with Crippen LogP contribution in [0.25, 0.3) is 0 Å². The second-order valence-corrected chi connectivity index (χ2v) is 3.22. The van der Waals surface area contributed by atoms with Gasteiger partial charge in [0.25, 0.3) is 0 Å². The zero-order chi connectivity index (χ0) is 10.8. The molecule has 0 fully saturated rings. The Bertz CT molecular complexity index is 292. The van der Waals surface area contributed by atoms with E-state index < -0.39 is 18.6 Å². The van der Waals surface area contributed by atoms with E-state index in [9.17, 15) is 13.2 Å².